The van der Waals surface area contributed by atoms with E-state index in [9.17, 15) is 9.18 Å². The SMILES string of the molecule is CC(C)(C)OC(=O)N1CCC2COc3c(Cl)c(Br)c(F)c4nc(OC[C@@]56CCCN5C[C@H](F)C6)nc(c34)N2CC1. The molecule has 0 N–H and O–H groups in total. The smallest absolute Gasteiger partial charge is 0.410 e. The summed E-state index contributed by atoms with van der Waals surface area (Å²) in [6, 6.07) is -0.159. The number of ether oxygens (including phenoxy) is 3. The molecule has 1 unspecified atom stereocenters. The van der Waals surface area contributed by atoms with Crippen molar-refractivity contribution in [2.24, 2.45) is 0 Å². The van der Waals surface area contributed by atoms with E-state index in [1.807, 2.05) is 25.7 Å². The Balaban J connectivity index is 1.36. The average Bonchev–Trinajstić information content (AvgIpc) is 3.25. The summed E-state index contributed by atoms with van der Waals surface area (Å²) in [7, 11) is 0. The third-order valence-electron chi connectivity index (χ3n) is 8.25. The third kappa shape index (κ3) is 4.93. The van der Waals surface area contributed by atoms with E-state index in [0.29, 0.717) is 56.0 Å². The van der Waals surface area contributed by atoms with Gasteiger partial charge < -0.3 is 24.0 Å². The maximum absolute atomic E-state index is 15.6. The molecule has 3 saturated heterocycles. The van der Waals surface area contributed by atoms with Crippen LogP contribution in [0, 0.1) is 5.82 Å². The Labute approximate surface area is 245 Å². The molecule has 218 valence electrons. The van der Waals surface area contributed by atoms with Gasteiger partial charge in [0.15, 0.2) is 11.6 Å². The van der Waals surface area contributed by atoms with Crippen LogP contribution < -0.4 is 14.4 Å². The third-order valence-corrected chi connectivity index (χ3v) is 9.58. The summed E-state index contributed by atoms with van der Waals surface area (Å²) in [4.78, 5) is 27.9. The van der Waals surface area contributed by atoms with Crippen LogP contribution >= 0.6 is 27.5 Å². The number of fused-ring (bicyclic) bond motifs is 3. The molecule has 1 aromatic carbocycles. The van der Waals surface area contributed by atoms with Crippen LogP contribution in [0.15, 0.2) is 4.47 Å². The van der Waals surface area contributed by atoms with Crippen molar-refractivity contribution in [3.05, 3.63) is 15.3 Å². The van der Waals surface area contributed by atoms with Gasteiger partial charge in [0.05, 0.1) is 21.4 Å². The second-order valence-corrected chi connectivity index (χ2v) is 13.3. The van der Waals surface area contributed by atoms with Crippen LogP contribution in [0.2, 0.25) is 5.02 Å². The van der Waals surface area contributed by atoms with Crippen molar-refractivity contribution in [2.45, 2.75) is 69.8 Å². The topological polar surface area (TPSA) is 80.3 Å². The van der Waals surface area contributed by atoms with Crippen LogP contribution in [0.3, 0.4) is 0 Å². The van der Waals surface area contributed by atoms with E-state index in [-0.39, 0.29) is 46.4 Å². The van der Waals surface area contributed by atoms with Crippen molar-refractivity contribution in [1.82, 2.24) is 19.8 Å². The molecular weight excluding hydrogens is 612 g/mol. The lowest BCUT2D eigenvalue weighted by molar-refractivity contribution is 0.0261. The Kier molecular flexibility index (Phi) is 7.18. The zero-order valence-corrected chi connectivity index (χ0v) is 25.2. The molecule has 6 rings (SSSR count). The highest BCUT2D eigenvalue weighted by molar-refractivity contribution is 9.10. The number of hydrogen-bond acceptors (Lipinski definition) is 8. The number of rotatable bonds is 3. The summed E-state index contributed by atoms with van der Waals surface area (Å²) in [5.41, 5.74) is -0.993. The van der Waals surface area contributed by atoms with Gasteiger partial charge >= 0.3 is 12.1 Å². The number of alkyl halides is 1. The summed E-state index contributed by atoms with van der Waals surface area (Å²) in [6.07, 6.45) is 1.50. The van der Waals surface area contributed by atoms with Gasteiger partial charge in [-0.2, -0.15) is 9.97 Å². The summed E-state index contributed by atoms with van der Waals surface area (Å²) in [5, 5.41) is 0.466. The number of amides is 1. The normalized spacial score (nSPS) is 26.7. The highest BCUT2D eigenvalue weighted by Crippen LogP contribution is 2.47. The molecule has 0 aliphatic carbocycles. The number of carbonyl (C=O) groups excluding carboxylic acids is 1. The van der Waals surface area contributed by atoms with Gasteiger partial charge in [0.1, 0.15) is 41.3 Å². The fourth-order valence-electron chi connectivity index (χ4n) is 6.39. The lowest BCUT2D eigenvalue weighted by atomic mass is 9.95. The zero-order chi connectivity index (χ0) is 28.4. The van der Waals surface area contributed by atoms with Crippen molar-refractivity contribution >= 4 is 50.3 Å². The standard InChI is InChI=1S/C27H33BrClF2N5O4/c1-26(2,3)40-25(37)34-8-5-16-13-38-22-17-21(20(31)18(28)19(22)29)32-24(33-23(17)36(16)10-9-34)39-14-27-6-4-7-35(27)12-15(30)11-27/h15-16H,4-14H2,1-3H3/t15-,16?,27+/m1/s1. The molecule has 4 aliphatic rings. The lowest BCUT2D eigenvalue weighted by Crippen LogP contribution is -2.43. The molecule has 0 radical (unpaired) electrons. The molecule has 2 aromatic rings. The van der Waals surface area contributed by atoms with Gasteiger partial charge in [-0.15, -0.1) is 0 Å². The Morgan fingerprint density at radius 3 is 2.83 bits per heavy atom. The number of carbonyl (C=O) groups is 1. The first kappa shape index (κ1) is 28.0. The molecule has 4 aliphatic heterocycles. The van der Waals surface area contributed by atoms with E-state index in [0.717, 1.165) is 19.4 Å². The van der Waals surface area contributed by atoms with E-state index in [1.165, 1.54) is 0 Å². The van der Waals surface area contributed by atoms with E-state index in [2.05, 4.69) is 25.8 Å². The van der Waals surface area contributed by atoms with E-state index < -0.39 is 23.1 Å². The molecule has 5 heterocycles. The van der Waals surface area contributed by atoms with E-state index in [4.69, 9.17) is 30.8 Å². The van der Waals surface area contributed by atoms with Crippen LogP contribution in [-0.2, 0) is 4.74 Å². The molecule has 0 bridgehead atoms. The van der Waals surface area contributed by atoms with Crippen LogP contribution in [-0.4, -0.2) is 95.2 Å². The van der Waals surface area contributed by atoms with Crippen LogP contribution in [0.25, 0.3) is 10.9 Å². The number of nitrogens with zero attached hydrogens (tertiary/aromatic N) is 5. The number of hydrogen-bond donors (Lipinski definition) is 0. The maximum Gasteiger partial charge on any atom is 0.410 e. The van der Waals surface area contributed by atoms with Crippen LogP contribution in [0.4, 0.5) is 19.4 Å². The van der Waals surface area contributed by atoms with Crippen molar-refractivity contribution in [1.29, 1.82) is 0 Å². The molecule has 1 aromatic heterocycles. The predicted molar refractivity (Wildman–Crippen MR) is 150 cm³/mol. The fourth-order valence-corrected chi connectivity index (χ4v) is 6.99. The number of halogens is 4. The van der Waals surface area contributed by atoms with Crippen molar-refractivity contribution < 1.29 is 27.8 Å². The van der Waals surface area contributed by atoms with Crippen LogP contribution in [0.5, 0.6) is 11.8 Å². The second-order valence-electron chi connectivity index (χ2n) is 12.1. The van der Waals surface area contributed by atoms with Gasteiger partial charge in [-0.1, -0.05) is 11.6 Å². The largest absolute Gasteiger partial charge is 0.489 e. The first-order chi connectivity index (χ1) is 19.0. The minimum Gasteiger partial charge on any atom is -0.489 e. The summed E-state index contributed by atoms with van der Waals surface area (Å²) < 4.78 is 47.9. The Hall–Kier alpha value is -2.18. The highest BCUT2D eigenvalue weighted by atomic mass is 79.9. The van der Waals surface area contributed by atoms with Gasteiger partial charge in [0, 0.05) is 32.6 Å². The quantitative estimate of drug-likeness (QED) is 0.414. The molecule has 0 saturated carbocycles. The predicted octanol–water partition coefficient (Wildman–Crippen LogP) is 5.35. The molecule has 9 nitrogen and oxygen atoms in total. The van der Waals surface area contributed by atoms with Crippen LogP contribution in [0.1, 0.15) is 46.5 Å². The Bertz CT molecular complexity index is 1350. The van der Waals surface area contributed by atoms with E-state index in [1.54, 1.807) is 4.90 Å². The molecule has 1 amide bonds. The average molecular weight is 645 g/mol. The molecule has 3 atom stereocenters. The van der Waals surface area contributed by atoms with Crippen molar-refractivity contribution in [3.8, 4) is 11.8 Å². The molecule has 40 heavy (non-hydrogen) atoms. The monoisotopic (exact) mass is 643 g/mol. The van der Waals surface area contributed by atoms with Gasteiger partial charge in [0.2, 0.25) is 0 Å². The first-order valence-electron chi connectivity index (χ1n) is 13.7. The number of aromatic nitrogens is 2. The summed E-state index contributed by atoms with van der Waals surface area (Å²) >= 11 is 9.80. The van der Waals surface area contributed by atoms with Crippen molar-refractivity contribution in [3.63, 3.8) is 0 Å². The molecular formula is C27H33BrClF2N5O4. The van der Waals surface area contributed by atoms with Gasteiger partial charge in [-0.05, 0) is 62.5 Å². The highest BCUT2D eigenvalue weighted by Gasteiger charge is 2.49. The minimum atomic E-state index is -0.896. The fraction of sp³-hybridized carbons (Fsp3) is 0.667. The zero-order valence-electron chi connectivity index (χ0n) is 22.8. The minimum absolute atomic E-state index is 0.0130. The first-order valence-corrected chi connectivity index (χ1v) is 14.9. The summed E-state index contributed by atoms with van der Waals surface area (Å²) in [5.74, 6) is 0.0995. The van der Waals surface area contributed by atoms with E-state index >= 15 is 4.39 Å². The van der Waals surface area contributed by atoms with Gasteiger partial charge in [0.25, 0.3) is 0 Å². The summed E-state index contributed by atoms with van der Waals surface area (Å²) in [6.45, 7) is 8.46. The Morgan fingerprint density at radius 2 is 2.05 bits per heavy atom. The van der Waals surface area contributed by atoms with Gasteiger partial charge in [-0.25, -0.2) is 13.6 Å². The lowest BCUT2D eigenvalue weighted by Gasteiger charge is -2.31. The number of benzene rings is 1. The van der Waals surface area contributed by atoms with Gasteiger partial charge in [-0.3, -0.25) is 4.90 Å². The van der Waals surface area contributed by atoms with Crippen molar-refractivity contribution in [2.75, 3.05) is 50.8 Å². The maximum atomic E-state index is 15.6. The Morgan fingerprint density at radius 1 is 1.25 bits per heavy atom. The second kappa shape index (κ2) is 10.3. The number of anilines is 1. The molecule has 3 fully saturated rings. The molecule has 0 spiro atoms. The molecule has 13 heteroatoms.